The number of hydrogen-bond acceptors (Lipinski definition) is 5. The number of benzene rings is 2. The maximum atomic E-state index is 12.1. The molecule has 0 aliphatic carbocycles. The molecule has 4 nitrogen and oxygen atoms in total. The van der Waals surface area contributed by atoms with Gasteiger partial charge >= 0.3 is 0 Å². The van der Waals surface area contributed by atoms with E-state index < -0.39 is 0 Å². The van der Waals surface area contributed by atoms with Crippen LogP contribution in [-0.2, 0) is 4.79 Å². The summed E-state index contributed by atoms with van der Waals surface area (Å²) in [7, 11) is 1.65. The number of amides is 1. The first-order chi connectivity index (χ1) is 12.5. The van der Waals surface area contributed by atoms with Crippen LogP contribution in [0.4, 0.5) is 5.13 Å². The van der Waals surface area contributed by atoms with Crippen LogP contribution in [0.1, 0.15) is 5.56 Å². The Balaban J connectivity index is 1.60. The number of carbonyl (C=O) groups is 1. The minimum Gasteiger partial charge on any atom is -0.496 e. The van der Waals surface area contributed by atoms with E-state index in [-0.39, 0.29) is 5.91 Å². The zero-order chi connectivity index (χ0) is 18.5. The van der Waals surface area contributed by atoms with Gasteiger partial charge < -0.3 is 10.1 Å². The van der Waals surface area contributed by atoms with E-state index in [1.54, 1.807) is 7.11 Å². The Hall–Kier alpha value is -2.02. The van der Waals surface area contributed by atoms with E-state index >= 15 is 0 Å². The highest BCUT2D eigenvalue weighted by Crippen LogP contribution is 2.29. The van der Waals surface area contributed by atoms with Crippen molar-refractivity contribution in [3.8, 4) is 17.0 Å². The van der Waals surface area contributed by atoms with Gasteiger partial charge in [-0.1, -0.05) is 11.6 Å². The van der Waals surface area contributed by atoms with E-state index in [0.29, 0.717) is 15.9 Å². The maximum absolute atomic E-state index is 12.1. The van der Waals surface area contributed by atoms with Crippen LogP contribution >= 0.6 is 34.7 Å². The number of methoxy groups -OCH3 is 1. The van der Waals surface area contributed by atoms with Crippen LogP contribution in [-0.4, -0.2) is 23.8 Å². The SMILES string of the molecule is COc1ccc(-c2csc(NC(=O)CSc3ccc(Cl)cc3)n2)cc1C. The van der Waals surface area contributed by atoms with Gasteiger partial charge in [0.1, 0.15) is 5.75 Å². The van der Waals surface area contributed by atoms with Crippen molar-refractivity contribution in [1.82, 2.24) is 4.98 Å². The molecule has 0 radical (unpaired) electrons. The third kappa shape index (κ3) is 4.78. The number of rotatable bonds is 6. The number of nitrogens with zero attached hydrogens (tertiary/aromatic N) is 1. The van der Waals surface area contributed by atoms with Gasteiger partial charge in [0.25, 0.3) is 0 Å². The highest BCUT2D eigenvalue weighted by atomic mass is 35.5. The van der Waals surface area contributed by atoms with Crippen molar-refractivity contribution >= 4 is 45.7 Å². The first-order valence-corrected chi connectivity index (χ1v) is 10.1. The molecule has 3 rings (SSSR count). The van der Waals surface area contributed by atoms with Crippen molar-refractivity contribution in [2.75, 3.05) is 18.2 Å². The lowest BCUT2D eigenvalue weighted by molar-refractivity contribution is -0.113. The van der Waals surface area contributed by atoms with Gasteiger partial charge in [-0.25, -0.2) is 4.98 Å². The normalized spacial score (nSPS) is 10.6. The minimum atomic E-state index is -0.0863. The minimum absolute atomic E-state index is 0.0863. The fraction of sp³-hybridized carbons (Fsp3) is 0.158. The Morgan fingerprint density at radius 1 is 1.27 bits per heavy atom. The molecular weight excluding hydrogens is 388 g/mol. The zero-order valence-electron chi connectivity index (χ0n) is 14.3. The number of hydrogen-bond donors (Lipinski definition) is 1. The Bertz CT molecular complexity index is 910. The van der Waals surface area contributed by atoms with E-state index in [1.807, 2.05) is 54.8 Å². The number of thioether (sulfide) groups is 1. The molecule has 7 heteroatoms. The summed E-state index contributed by atoms with van der Waals surface area (Å²) < 4.78 is 5.28. The summed E-state index contributed by atoms with van der Waals surface area (Å²) in [6, 6.07) is 13.3. The largest absolute Gasteiger partial charge is 0.496 e. The van der Waals surface area contributed by atoms with E-state index in [1.165, 1.54) is 23.1 Å². The molecule has 26 heavy (non-hydrogen) atoms. The number of ether oxygens (including phenoxy) is 1. The highest BCUT2D eigenvalue weighted by molar-refractivity contribution is 8.00. The van der Waals surface area contributed by atoms with E-state index in [4.69, 9.17) is 16.3 Å². The number of aryl methyl sites for hydroxylation is 1. The molecule has 0 aliphatic rings. The second kappa shape index (κ2) is 8.58. The summed E-state index contributed by atoms with van der Waals surface area (Å²) in [4.78, 5) is 17.6. The summed E-state index contributed by atoms with van der Waals surface area (Å²) in [5.41, 5.74) is 2.87. The molecule has 0 aliphatic heterocycles. The molecule has 0 saturated heterocycles. The molecule has 0 bridgehead atoms. The summed E-state index contributed by atoms with van der Waals surface area (Å²) in [6.45, 7) is 1.99. The van der Waals surface area contributed by atoms with Crippen LogP contribution in [0.5, 0.6) is 5.75 Å². The number of nitrogens with one attached hydrogen (secondary N) is 1. The predicted molar refractivity (Wildman–Crippen MR) is 110 cm³/mol. The standard InChI is InChI=1S/C19H17ClN2O2S2/c1-12-9-13(3-8-17(12)24-2)16-10-26-19(21-16)22-18(23)11-25-15-6-4-14(20)5-7-15/h3-10H,11H2,1-2H3,(H,21,22,23). The molecule has 1 aromatic heterocycles. The number of carbonyl (C=O) groups excluding carboxylic acids is 1. The van der Waals surface area contributed by atoms with Gasteiger partial charge in [-0.05, 0) is 55.0 Å². The fourth-order valence-corrected chi connectivity index (χ4v) is 3.90. The van der Waals surface area contributed by atoms with Crippen LogP contribution < -0.4 is 10.1 Å². The zero-order valence-corrected chi connectivity index (χ0v) is 16.7. The molecular formula is C19H17ClN2O2S2. The van der Waals surface area contributed by atoms with Gasteiger partial charge in [0, 0.05) is 20.9 Å². The molecule has 0 saturated carbocycles. The van der Waals surface area contributed by atoms with Crippen molar-refractivity contribution < 1.29 is 9.53 Å². The topological polar surface area (TPSA) is 51.2 Å². The first-order valence-electron chi connectivity index (χ1n) is 7.84. The maximum Gasteiger partial charge on any atom is 0.236 e. The average Bonchev–Trinajstić information content (AvgIpc) is 3.09. The van der Waals surface area contributed by atoms with Crippen molar-refractivity contribution in [1.29, 1.82) is 0 Å². The van der Waals surface area contributed by atoms with Crippen molar-refractivity contribution in [2.45, 2.75) is 11.8 Å². The van der Waals surface area contributed by atoms with Crippen LogP contribution in [0.25, 0.3) is 11.3 Å². The summed E-state index contributed by atoms with van der Waals surface area (Å²) >= 11 is 8.73. The van der Waals surface area contributed by atoms with Crippen LogP contribution in [0.15, 0.2) is 52.7 Å². The van der Waals surface area contributed by atoms with Gasteiger partial charge in [0.05, 0.1) is 18.6 Å². The third-order valence-electron chi connectivity index (χ3n) is 3.62. The number of thiazole rings is 1. The first kappa shape index (κ1) is 18.8. The molecule has 0 spiro atoms. The van der Waals surface area contributed by atoms with Gasteiger partial charge in [0.2, 0.25) is 5.91 Å². The Morgan fingerprint density at radius 3 is 2.73 bits per heavy atom. The molecule has 1 amide bonds. The lowest BCUT2D eigenvalue weighted by Crippen LogP contribution is -2.13. The average molecular weight is 405 g/mol. The highest BCUT2D eigenvalue weighted by Gasteiger charge is 2.10. The van der Waals surface area contributed by atoms with Crippen LogP contribution in [0, 0.1) is 6.92 Å². The Labute approximate surface area is 165 Å². The molecule has 2 aromatic carbocycles. The van der Waals surface area contributed by atoms with Crippen LogP contribution in [0.3, 0.4) is 0 Å². The molecule has 0 unspecified atom stereocenters. The van der Waals surface area contributed by atoms with Gasteiger partial charge in [0.15, 0.2) is 5.13 Å². The van der Waals surface area contributed by atoms with E-state index in [2.05, 4.69) is 10.3 Å². The summed E-state index contributed by atoms with van der Waals surface area (Å²) in [6.07, 6.45) is 0. The lowest BCUT2D eigenvalue weighted by atomic mass is 10.1. The van der Waals surface area contributed by atoms with E-state index in [0.717, 1.165) is 27.5 Å². The second-order valence-electron chi connectivity index (χ2n) is 5.51. The molecule has 0 fully saturated rings. The third-order valence-corrected chi connectivity index (χ3v) is 5.65. The quantitative estimate of drug-likeness (QED) is 0.550. The van der Waals surface area contributed by atoms with E-state index in [9.17, 15) is 4.79 Å². The number of anilines is 1. The van der Waals surface area contributed by atoms with Crippen molar-refractivity contribution in [3.63, 3.8) is 0 Å². The van der Waals surface area contributed by atoms with Crippen molar-refractivity contribution in [2.24, 2.45) is 0 Å². The number of halogens is 1. The monoisotopic (exact) mass is 404 g/mol. The Morgan fingerprint density at radius 2 is 2.04 bits per heavy atom. The molecule has 1 heterocycles. The second-order valence-corrected chi connectivity index (χ2v) is 7.86. The molecule has 1 N–H and O–H groups in total. The Kier molecular flexibility index (Phi) is 6.19. The predicted octanol–water partition coefficient (Wildman–Crippen LogP) is 5.51. The van der Waals surface area contributed by atoms with Gasteiger partial charge in [-0.3, -0.25) is 4.79 Å². The van der Waals surface area contributed by atoms with Gasteiger partial charge in [-0.2, -0.15) is 0 Å². The summed E-state index contributed by atoms with van der Waals surface area (Å²) in [5.74, 6) is 1.08. The van der Waals surface area contributed by atoms with Crippen LogP contribution in [0.2, 0.25) is 5.02 Å². The van der Waals surface area contributed by atoms with Gasteiger partial charge in [-0.15, -0.1) is 23.1 Å². The smallest absolute Gasteiger partial charge is 0.236 e. The van der Waals surface area contributed by atoms with Crippen molar-refractivity contribution in [3.05, 3.63) is 58.4 Å². The number of aromatic nitrogens is 1. The lowest BCUT2D eigenvalue weighted by Gasteiger charge is -2.05. The molecule has 0 atom stereocenters. The molecule has 3 aromatic rings. The fourth-order valence-electron chi connectivity index (χ4n) is 2.34. The summed E-state index contributed by atoms with van der Waals surface area (Å²) in [5, 5.41) is 6.06. The molecule has 134 valence electrons.